The molecule has 0 fully saturated rings. The van der Waals surface area contributed by atoms with E-state index in [4.69, 9.17) is 0 Å². The highest BCUT2D eigenvalue weighted by Gasteiger charge is 2.14. The second-order valence-electron chi connectivity index (χ2n) is 9.81. The molecule has 6 aromatic carbocycles. The van der Waals surface area contributed by atoms with Gasteiger partial charge in [0, 0.05) is 36.6 Å². The monoisotopic (exact) mass is 501 g/mol. The number of rotatable bonds is 3. The quantitative estimate of drug-likeness (QED) is 0.227. The van der Waals surface area contributed by atoms with Gasteiger partial charge in [-0.1, -0.05) is 97.1 Å². The topological polar surface area (TPSA) is 4.93 Å². The van der Waals surface area contributed by atoms with Gasteiger partial charge in [-0.2, -0.15) is 0 Å². The SMILES string of the molecule is c1ccc(-c2ccc(-n3c4ccccc4c4ccc(-c5ccc6sc7ccccc7c6c5)cc43)cc2)cc1. The molecule has 2 heterocycles. The van der Waals surface area contributed by atoms with Crippen molar-refractivity contribution in [3.63, 3.8) is 0 Å². The van der Waals surface area contributed by atoms with Gasteiger partial charge in [0.1, 0.15) is 0 Å². The van der Waals surface area contributed by atoms with Crippen molar-refractivity contribution in [3.8, 4) is 27.9 Å². The van der Waals surface area contributed by atoms with Gasteiger partial charge in [-0.25, -0.2) is 0 Å². The predicted octanol–water partition coefficient (Wildman–Crippen LogP) is 10.5. The van der Waals surface area contributed by atoms with Gasteiger partial charge in [0.15, 0.2) is 0 Å². The summed E-state index contributed by atoms with van der Waals surface area (Å²) in [5.41, 5.74) is 8.58. The highest BCUT2D eigenvalue weighted by Crippen LogP contribution is 2.38. The van der Waals surface area contributed by atoms with Crippen molar-refractivity contribution in [2.45, 2.75) is 0 Å². The second-order valence-corrected chi connectivity index (χ2v) is 10.9. The Hall–Kier alpha value is -4.66. The minimum absolute atomic E-state index is 1.17. The summed E-state index contributed by atoms with van der Waals surface area (Å²) in [5.74, 6) is 0. The number of hydrogen-bond donors (Lipinski definition) is 0. The zero-order valence-electron chi connectivity index (χ0n) is 20.6. The van der Waals surface area contributed by atoms with Gasteiger partial charge in [-0.05, 0) is 64.7 Å². The fourth-order valence-corrected chi connectivity index (χ4v) is 6.85. The van der Waals surface area contributed by atoms with Gasteiger partial charge in [0.05, 0.1) is 11.0 Å². The van der Waals surface area contributed by atoms with Crippen LogP contribution in [0.3, 0.4) is 0 Å². The van der Waals surface area contributed by atoms with Crippen molar-refractivity contribution in [3.05, 3.63) is 140 Å². The molecule has 0 spiro atoms. The first-order chi connectivity index (χ1) is 18.8. The van der Waals surface area contributed by atoms with Crippen molar-refractivity contribution in [1.29, 1.82) is 0 Å². The Bertz CT molecular complexity index is 2110. The minimum atomic E-state index is 1.17. The van der Waals surface area contributed by atoms with E-state index in [1.807, 2.05) is 11.3 Å². The summed E-state index contributed by atoms with van der Waals surface area (Å²) in [5, 5.41) is 5.22. The highest BCUT2D eigenvalue weighted by molar-refractivity contribution is 7.25. The number of hydrogen-bond acceptors (Lipinski definition) is 1. The zero-order chi connectivity index (χ0) is 25.1. The lowest BCUT2D eigenvalue weighted by Crippen LogP contribution is -1.94. The van der Waals surface area contributed by atoms with Crippen molar-refractivity contribution >= 4 is 53.3 Å². The van der Waals surface area contributed by atoms with E-state index < -0.39 is 0 Å². The lowest BCUT2D eigenvalue weighted by molar-refractivity contribution is 1.18. The van der Waals surface area contributed by atoms with Crippen LogP contribution >= 0.6 is 11.3 Å². The molecule has 2 aromatic heterocycles. The van der Waals surface area contributed by atoms with Crippen LogP contribution in [-0.2, 0) is 0 Å². The lowest BCUT2D eigenvalue weighted by Gasteiger charge is -2.10. The number of aromatic nitrogens is 1. The normalized spacial score (nSPS) is 11.7. The standard InChI is InChI=1S/C36H23NS/c1-2-8-24(9-3-1)25-14-18-28(19-15-25)37-33-12-6-4-10-29(33)30-20-16-27(23-34(30)37)26-17-21-36-32(22-26)31-11-5-7-13-35(31)38-36/h1-23H. The highest BCUT2D eigenvalue weighted by atomic mass is 32.1. The van der Waals surface area contributed by atoms with Crippen molar-refractivity contribution in [2.75, 3.05) is 0 Å². The van der Waals surface area contributed by atoms with E-state index in [9.17, 15) is 0 Å². The zero-order valence-corrected chi connectivity index (χ0v) is 21.5. The van der Waals surface area contributed by atoms with E-state index in [-0.39, 0.29) is 0 Å². The summed E-state index contributed by atoms with van der Waals surface area (Å²) in [6.07, 6.45) is 0. The minimum Gasteiger partial charge on any atom is -0.309 e. The fourth-order valence-electron chi connectivity index (χ4n) is 5.77. The second kappa shape index (κ2) is 8.44. The van der Waals surface area contributed by atoms with Crippen molar-refractivity contribution in [2.24, 2.45) is 0 Å². The molecule has 0 saturated carbocycles. The molecule has 0 N–H and O–H groups in total. The Labute approximate surface area is 224 Å². The van der Waals surface area contributed by atoms with Crippen LogP contribution in [0.4, 0.5) is 0 Å². The first-order valence-electron chi connectivity index (χ1n) is 12.9. The summed E-state index contributed by atoms with van der Waals surface area (Å²) >= 11 is 1.87. The van der Waals surface area contributed by atoms with Crippen LogP contribution in [0.5, 0.6) is 0 Å². The Kier molecular flexibility index (Phi) is 4.76. The molecule has 1 nitrogen and oxygen atoms in total. The molecule has 0 unspecified atom stereocenters. The van der Waals surface area contributed by atoms with E-state index in [0.29, 0.717) is 0 Å². The molecule has 8 aromatic rings. The maximum absolute atomic E-state index is 2.40. The molecule has 0 bridgehead atoms. The van der Waals surface area contributed by atoms with E-state index >= 15 is 0 Å². The van der Waals surface area contributed by atoms with Crippen molar-refractivity contribution in [1.82, 2.24) is 4.57 Å². The Balaban J connectivity index is 1.32. The Morgan fingerprint density at radius 1 is 0.368 bits per heavy atom. The van der Waals surface area contributed by atoms with E-state index in [1.54, 1.807) is 0 Å². The van der Waals surface area contributed by atoms with Gasteiger partial charge >= 0.3 is 0 Å². The van der Waals surface area contributed by atoms with E-state index in [2.05, 4.69) is 144 Å². The first kappa shape index (κ1) is 21.4. The number of thiophene rings is 1. The summed E-state index contributed by atoms with van der Waals surface area (Å²) < 4.78 is 5.08. The summed E-state index contributed by atoms with van der Waals surface area (Å²) in [4.78, 5) is 0. The number of fused-ring (bicyclic) bond motifs is 6. The molecule has 0 aliphatic rings. The molecule has 0 atom stereocenters. The third-order valence-electron chi connectivity index (χ3n) is 7.62. The van der Waals surface area contributed by atoms with Crippen LogP contribution in [-0.4, -0.2) is 4.57 Å². The molecule has 8 rings (SSSR count). The molecule has 0 aliphatic heterocycles. The molecule has 2 heteroatoms. The maximum Gasteiger partial charge on any atom is 0.0547 e. The van der Waals surface area contributed by atoms with Gasteiger partial charge < -0.3 is 4.57 Å². The fraction of sp³-hybridized carbons (Fsp3) is 0. The molecule has 38 heavy (non-hydrogen) atoms. The van der Waals surface area contributed by atoms with Gasteiger partial charge in [0.2, 0.25) is 0 Å². The first-order valence-corrected chi connectivity index (χ1v) is 13.8. The summed E-state index contributed by atoms with van der Waals surface area (Å²) in [6, 6.07) is 50.7. The van der Waals surface area contributed by atoms with Crippen molar-refractivity contribution < 1.29 is 0 Å². The van der Waals surface area contributed by atoms with Crippen LogP contribution in [0.25, 0.3) is 69.9 Å². The molecule has 0 radical (unpaired) electrons. The molecule has 0 amide bonds. The Morgan fingerprint density at radius 2 is 0.974 bits per heavy atom. The Morgan fingerprint density at radius 3 is 1.84 bits per heavy atom. The van der Waals surface area contributed by atoms with Crippen LogP contribution in [0, 0.1) is 0 Å². The van der Waals surface area contributed by atoms with Gasteiger partial charge in [-0.15, -0.1) is 11.3 Å². The average Bonchev–Trinajstić information content (AvgIpc) is 3.52. The molecular weight excluding hydrogens is 478 g/mol. The van der Waals surface area contributed by atoms with Gasteiger partial charge in [0.25, 0.3) is 0 Å². The summed E-state index contributed by atoms with van der Waals surface area (Å²) in [6.45, 7) is 0. The smallest absolute Gasteiger partial charge is 0.0547 e. The molecular formula is C36H23NS. The van der Waals surface area contributed by atoms with Crippen LogP contribution < -0.4 is 0 Å². The third kappa shape index (κ3) is 3.31. The maximum atomic E-state index is 2.40. The number of para-hydroxylation sites is 1. The lowest BCUT2D eigenvalue weighted by atomic mass is 10.0. The largest absolute Gasteiger partial charge is 0.309 e. The van der Waals surface area contributed by atoms with Crippen LogP contribution in [0.15, 0.2) is 140 Å². The van der Waals surface area contributed by atoms with E-state index in [0.717, 1.165) is 0 Å². The molecule has 0 aliphatic carbocycles. The number of nitrogens with zero attached hydrogens (tertiary/aromatic N) is 1. The number of benzene rings is 6. The molecule has 0 saturated heterocycles. The summed E-state index contributed by atoms with van der Waals surface area (Å²) in [7, 11) is 0. The predicted molar refractivity (Wildman–Crippen MR) is 165 cm³/mol. The third-order valence-corrected chi connectivity index (χ3v) is 8.77. The average molecular weight is 502 g/mol. The van der Waals surface area contributed by atoms with E-state index in [1.165, 1.54) is 69.9 Å². The molecule has 178 valence electrons. The van der Waals surface area contributed by atoms with Crippen LogP contribution in [0.2, 0.25) is 0 Å². The van der Waals surface area contributed by atoms with Gasteiger partial charge in [-0.3, -0.25) is 0 Å². The van der Waals surface area contributed by atoms with Crippen LogP contribution in [0.1, 0.15) is 0 Å².